The number of benzene rings is 1. The first-order chi connectivity index (χ1) is 8.40. The quantitative estimate of drug-likeness (QED) is 0.804. The number of nitrogen functional groups attached to an aromatic ring is 1. The van der Waals surface area contributed by atoms with Crippen LogP contribution >= 0.6 is 0 Å². The smallest absolute Gasteiger partial charge is 0.225 e. The molecule has 18 heavy (non-hydrogen) atoms. The third kappa shape index (κ3) is 4.44. The van der Waals surface area contributed by atoms with E-state index in [1.165, 1.54) is 18.2 Å². The fourth-order valence-corrected chi connectivity index (χ4v) is 2.14. The molecule has 1 atom stereocenters. The van der Waals surface area contributed by atoms with E-state index >= 15 is 0 Å². The maximum Gasteiger partial charge on any atom is 0.225 e. The van der Waals surface area contributed by atoms with E-state index in [0.717, 1.165) is 0 Å². The first kappa shape index (κ1) is 14.6. The largest absolute Gasteiger partial charge is 0.399 e. The highest BCUT2D eigenvalue weighted by atomic mass is 32.2. The summed E-state index contributed by atoms with van der Waals surface area (Å²) in [6, 6.07) is 3.96. The van der Waals surface area contributed by atoms with Crippen molar-refractivity contribution in [2.75, 3.05) is 16.8 Å². The first-order valence-corrected chi connectivity index (χ1v) is 7.00. The van der Waals surface area contributed by atoms with E-state index in [2.05, 4.69) is 5.32 Å². The van der Waals surface area contributed by atoms with Gasteiger partial charge >= 0.3 is 0 Å². The van der Waals surface area contributed by atoms with Crippen LogP contribution in [-0.4, -0.2) is 21.1 Å². The van der Waals surface area contributed by atoms with Gasteiger partial charge in [-0.2, -0.15) is 0 Å². The van der Waals surface area contributed by atoms with Crippen LogP contribution in [-0.2, 0) is 15.6 Å². The van der Waals surface area contributed by atoms with E-state index in [9.17, 15) is 13.4 Å². The highest BCUT2D eigenvalue weighted by Crippen LogP contribution is 2.17. The molecule has 0 saturated carbocycles. The standard InChI is InChI=1S/C12H17FN2O2S/c1-8(2)18(17)6-5-12(16)15-11-7-9(14)3-4-10(11)13/h3-4,7-8H,5-6,14H2,1-2H3,(H,15,16). The molecule has 0 heterocycles. The summed E-state index contributed by atoms with van der Waals surface area (Å²) >= 11 is 0. The minimum Gasteiger partial charge on any atom is -0.399 e. The zero-order valence-electron chi connectivity index (χ0n) is 10.4. The lowest BCUT2D eigenvalue weighted by Crippen LogP contribution is -2.18. The van der Waals surface area contributed by atoms with Crippen molar-refractivity contribution in [3.63, 3.8) is 0 Å². The molecule has 1 unspecified atom stereocenters. The van der Waals surface area contributed by atoms with Crippen LogP contribution in [0, 0.1) is 5.82 Å². The molecule has 0 aliphatic carbocycles. The molecule has 0 saturated heterocycles. The Morgan fingerprint density at radius 1 is 1.50 bits per heavy atom. The van der Waals surface area contributed by atoms with Gasteiger partial charge < -0.3 is 11.1 Å². The number of anilines is 2. The van der Waals surface area contributed by atoms with Crippen LogP contribution < -0.4 is 11.1 Å². The fourth-order valence-electron chi connectivity index (χ4n) is 1.28. The predicted octanol–water partition coefficient (Wildman–Crippen LogP) is 1.89. The van der Waals surface area contributed by atoms with E-state index in [1.807, 2.05) is 13.8 Å². The van der Waals surface area contributed by atoms with Gasteiger partial charge in [-0.1, -0.05) is 13.8 Å². The van der Waals surface area contributed by atoms with Gasteiger partial charge in [0.05, 0.1) is 5.69 Å². The Balaban J connectivity index is 2.55. The van der Waals surface area contributed by atoms with E-state index < -0.39 is 16.6 Å². The molecule has 4 nitrogen and oxygen atoms in total. The number of carbonyl (C=O) groups excluding carboxylic acids is 1. The Labute approximate surface area is 108 Å². The number of nitrogens with two attached hydrogens (primary N) is 1. The summed E-state index contributed by atoms with van der Waals surface area (Å²) in [7, 11) is -1.04. The Kier molecular flexibility index (Phi) is 5.27. The second-order valence-electron chi connectivity index (χ2n) is 4.17. The molecule has 100 valence electrons. The maximum atomic E-state index is 13.3. The van der Waals surface area contributed by atoms with Gasteiger partial charge in [0.2, 0.25) is 5.91 Å². The molecule has 0 aliphatic heterocycles. The van der Waals surface area contributed by atoms with Gasteiger partial charge in [-0.15, -0.1) is 0 Å². The van der Waals surface area contributed by atoms with Crippen LogP contribution in [0.15, 0.2) is 18.2 Å². The van der Waals surface area contributed by atoms with Crippen LogP contribution in [0.25, 0.3) is 0 Å². The van der Waals surface area contributed by atoms with Crippen molar-refractivity contribution in [1.82, 2.24) is 0 Å². The summed E-state index contributed by atoms with van der Waals surface area (Å²) in [5, 5.41) is 2.43. The summed E-state index contributed by atoms with van der Waals surface area (Å²) in [6.45, 7) is 3.65. The van der Waals surface area contributed by atoms with E-state index in [4.69, 9.17) is 5.73 Å². The summed E-state index contributed by atoms with van der Waals surface area (Å²) in [5.41, 5.74) is 5.92. The number of rotatable bonds is 5. The lowest BCUT2D eigenvalue weighted by Gasteiger charge is -2.08. The van der Waals surface area contributed by atoms with Crippen molar-refractivity contribution in [2.45, 2.75) is 25.5 Å². The number of hydrogen-bond acceptors (Lipinski definition) is 3. The number of amides is 1. The van der Waals surface area contributed by atoms with Gasteiger partial charge in [-0.3, -0.25) is 9.00 Å². The minimum absolute atomic E-state index is 0.0157. The van der Waals surface area contributed by atoms with Crippen molar-refractivity contribution in [1.29, 1.82) is 0 Å². The van der Waals surface area contributed by atoms with Crippen LogP contribution in [0.4, 0.5) is 15.8 Å². The molecular formula is C12H17FN2O2S. The molecule has 1 rings (SSSR count). The second kappa shape index (κ2) is 6.49. The molecule has 1 amide bonds. The van der Waals surface area contributed by atoms with Crippen LogP contribution in [0.5, 0.6) is 0 Å². The van der Waals surface area contributed by atoms with Gasteiger partial charge in [0.15, 0.2) is 0 Å². The van der Waals surface area contributed by atoms with Crippen molar-refractivity contribution in [2.24, 2.45) is 0 Å². The van der Waals surface area contributed by atoms with Crippen molar-refractivity contribution in [3.05, 3.63) is 24.0 Å². The van der Waals surface area contributed by atoms with Gasteiger partial charge in [-0.05, 0) is 18.2 Å². The van der Waals surface area contributed by atoms with Crippen LogP contribution in [0.3, 0.4) is 0 Å². The molecule has 6 heteroatoms. The Hall–Kier alpha value is -1.43. The summed E-state index contributed by atoms with van der Waals surface area (Å²) in [5.74, 6) is -0.635. The summed E-state index contributed by atoms with van der Waals surface area (Å²) in [6.07, 6.45) is 0.0963. The molecule has 1 aromatic rings. The Bertz CT molecular complexity index is 463. The van der Waals surface area contributed by atoms with E-state index in [-0.39, 0.29) is 29.0 Å². The minimum atomic E-state index is -1.04. The summed E-state index contributed by atoms with van der Waals surface area (Å²) < 4.78 is 24.8. The molecule has 0 spiro atoms. The number of carbonyl (C=O) groups is 1. The van der Waals surface area contributed by atoms with Gasteiger partial charge in [0.1, 0.15) is 5.82 Å². The number of halogens is 1. The topological polar surface area (TPSA) is 72.2 Å². The molecule has 0 radical (unpaired) electrons. The highest BCUT2D eigenvalue weighted by Gasteiger charge is 2.11. The molecule has 0 aliphatic rings. The zero-order valence-corrected chi connectivity index (χ0v) is 11.2. The fraction of sp³-hybridized carbons (Fsp3) is 0.417. The molecule has 0 bridgehead atoms. The molecule has 0 aromatic heterocycles. The number of nitrogens with one attached hydrogen (secondary N) is 1. The van der Waals surface area contributed by atoms with Crippen LogP contribution in [0.2, 0.25) is 0 Å². The highest BCUT2D eigenvalue weighted by molar-refractivity contribution is 7.85. The van der Waals surface area contributed by atoms with E-state index in [0.29, 0.717) is 5.69 Å². The molecule has 0 fully saturated rings. The lowest BCUT2D eigenvalue weighted by molar-refractivity contribution is -0.115. The average Bonchev–Trinajstić information content (AvgIpc) is 2.30. The third-order valence-corrected chi connectivity index (χ3v) is 3.98. The van der Waals surface area contributed by atoms with E-state index in [1.54, 1.807) is 0 Å². The Morgan fingerprint density at radius 2 is 2.17 bits per heavy atom. The molecule has 3 N–H and O–H groups in total. The lowest BCUT2D eigenvalue weighted by atomic mass is 10.2. The van der Waals surface area contributed by atoms with Crippen LogP contribution in [0.1, 0.15) is 20.3 Å². The first-order valence-electron chi connectivity index (χ1n) is 5.62. The third-order valence-electron chi connectivity index (χ3n) is 2.32. The van der Waals surface area contributed by atoms with Gasteiger partial charge in [-0.25, -0.2) is 4.39 Å². The average molecular weight is 272 g/mol. The Morgan fingerprint density at radius 3 is 2.78 bits per heavy atom. The summed E-state index contributed by atoms with van der Waals surface area (Å²) in [4.78, 5) is 11.5. The van der Waals surface area contributed by atoms with Gasteiger partial charge in [0.25, 0.3) is 0 Å². The molecular weight excluding hydrogens is 255 g/mol. The second-order valence-corrected chi connectivity index (χ2v) is 6.28. The maximum absolute atomic E-state index is 13.3. The zero-order chi connectivity index (χ0) is 13.7. The predicted molar refractivity (Wildman–Crippen MR) is 72.2 cm³/mol. The van der Waals surface area contributed by atoms with Crippen molar-refractivity contribution < 1.29 is 13.4 Å². The molecule has 1 aromatic carbocycles. The monoisotopic (exact) mass is 272 g/mol. The van der Waals surface area contributed by atoms with Crippen molar-refractivity contribution in [3.8, 4) is 0 Å². The SMILES string of the molecule is CC(C)S(=O)CCC(=O)Nc1cc(N)ccc1F. The van der Waals surface area contributed by atoms with Crippen molar-refractivity contribution >= 4 is 28.1 Å². The number of hydrogen-bond donors (Lipinski definition) is 2. The normalized spacial score (nSPS) is 12.4. The van der Waals surface area contributed by atoms with Gasteiger partial charge in [0, 0.05) is 33.9 Å².